The van der Waals surface area contributed by atoms with Crippen molar-refractivity contribution in [2.75, 3.05) is 18.9 Å². The smallest absolute Gasteiger partial charge is 0.407 e. The highest BCUT2D eigenvalue weighted by Gasteiger charge is 2.15. The van der Waals surface area contributed by atoms with Crippen LogP contribution in [0.5, 0.6) is 0 Å². The van der Waals surface area contributed by atoms with Gasteiger partial charge in [-0.2, -0.15) is 0 Å². The van der Waals surface area contributed by atoms with Gasteiger partial charge in [0.25, 0.3) is 0 Å². The second-order valence-electron chi connectivity index (χ2n) is 5.85. The standard InChI is InChI=1S/C17H24N2O4/c1-5-22-15(20)13-11-12(8-9-14(13)18)7-6-10-19-16(21)23-17(2,3)4/h6-9,11H,5,10,18H2,1-4H3,(H,19,21). The summed E-state index contributed by atoms with van der Waals surface area (Å²) < 4.78 is 10.1. The third kappa shape index (κ3) is 6.86. The van der Waals surface area contributed by atoms with Crippen molar-refractivity contribution in [2.45, 2.75) is 33.3 Å². The third-order valence-electron chi connectivity index (χ3n) is 2.65. The highest BCUT2D eigenvalue weighted by Crippen LogP contribution is 2.16. The summed E-state index contributed by atoms with van der Waals surface area (Å²) >= 11 is 0. The number of nitrogens with two attached hydrogens (primary N) is 1. The fourth-order valence-corrected chi connectivity index (χ4v) is 1.71. The van der Waals surface area contributed by atoms with E-state index in [1.54, 1.807) is 58.0 Å². The van der Waals surface area contributed by atoms with Crippen molar-refractivity contribution in [1.82, 2.24) is 5.32 Å². The van der Waals surface area contributed by atoms with E-state index in [2.05, 4.69) is 5.32 Å². The van der Waals surface area contributed by atoms with E-state index in [0.717, 1.165) is 5.56 Å². The molecule has 0 saturated heterocycles. The lowest BCUT2D eigenvalue weighted by molar-refractivity contribution is 0.0520. The molecule has 3 N–H and O–H groups in total. The lowest BCUT2D eigenvalue weighted by Crippen LogP contribution is -2.32. The molecule has 0 fully saturated rings. The summed E-state index contributed by atoms with van der Waals surface area (Å²) in [6.45, 7) is 7.74. The first-order chi connectivity index (χ1) is 10.7. The van der Waals surface area contributed by atoms with Gasteiger partial charge in [0.1, 0.15) is 5.60 Å². The van der Waals surface area contributed by atoms with Crippen molar-refractivity contribution < 1.29 is 19.1 Å². The van der Waals surface area contributed by atoms with E-state index < -0.39 is 17.7 Å². The Kier molecular flexibility index (Phi) is 6.63. The fourth-order valence-electron chi connectivity index (χ4n) is 1.71. The lowest BCUT2D eigenvalue weighted by Gasteiger charge is -2.19. The second-order valence-corrected chi connectivity index (χ2v) is 5.85. The topological polar surface area (TPSA) is 90.6 Å². The zero-order valence-electron chi connectivity index (χ0n) is 14.0. The van der Waals surface area contributed by atoms with Crippen molar-refractivity contribution >= 4 is 23.8 Å². The third-order valence-corrected chi connectivity index (χ3v) is 2.65. The minimum atomic E-state index is -0.528. The molecule has 0 aliphatic rings. The van der Waals surface area contributed by atoms with Crippen LogP contribution in [0.2, 0.25) is 0 Å². The monoisotopic (exact) mass is 320 g/mol. The highest BCUT2D eigenvalue weighted by molar-refractivity contribution is 5.95. The first-order valence-corrected chi connectivity index (χ1v) is 7.43. The van der Waals surface area contributed by atoms with Crippen LogP contribution < -0.4 is 11.1 Å². The summed E-state index contributed by atoms with van der Waals surface area (Å²) in [7, 11) is 0. The molecule has 23 heavy (non-hydrogen) atoms. The normalized spacial score (nSPS) is 11.3. The number of amides is 1. The maximum atomic E-state index is 11.8. The Morgan fingerprint density at radius 2 is 2.00 bits per heavy atom. The van der Waals surface area contributed by atoms with E-state index in [1.807, 2.05) is 0 Å². The molecule has 1 rings (SSSR count). The lowest BCUT2D eigenvalue weighted by atomic mass is 10.1. The molecule has 0 atom stereocenters. The van der Waals surface area contributed by atoms with Crippen LogP contribution in [0.15, 0.2) is 24.3 Å². The molecule has 1 aromatic rings. The molecule has 0 aromatic heterocycles. The summed E-state index contributed by atoms with van der Waals surface area (Å²) in [5, 5.41) is 2.61. The first kappa shape index (κ1) is 18.5. The van der Waals surface area contributed by atoms with Crippen molar-refractivity contribution in [3.05, 3.63) is 35.4 Å². The number of nitrogens with one attached hydrogen (secondary N) is 1. The Morgan fingerprint density at radius 1 is 1.30 bits per heavy atom. The van der Waals surface area contributed by atoms with Gasteiger partial charge in [-0.05, 0) is 45.4 Å². The molecule has 6 heteroatoms. The summed E-state index contributed by atoms with van der Waals surface area (Å²) in [6.07, 6.45) is 3.05. The second kappa shape index (κ2) is 8.22. The molecule has 0 aliphatic heterocycles. The Bertz CT molecular complexity index is 589. The van der Waals surface area contributed by atoms with Gasteiger partial charge in [-0.25, -0.2) is 9.59 Å². The van der Waals surface area contributed by atoms with E-state index in [9.17, 15) is 9.59 Å². The molecule has 0 unspecified atom stereocenters. The summed E-state index contributed by atoms with van der Waals surface area (Å²) in [6, 6.07) is 5.08. The van der Waals surface area contributed by atoms with E-state index in [0.29, 0.717) is 17.8 Å². The minimum absolute atomic E-state index is 0.290. The number of benzene rings is 1. The average Bonchev–Trinajstić information content (AvgIpc) is 2.43. The molecule has 126 valence electrons. The number of esters is 1. The van der Waals surface area contributed by atoms with Crippen LogP contribution in [0.25, 0.3) is 6.08 Å². The average molecular weight is 320 g/mol. The molecule has 1 aromatic carbocycles. The molecule has 1 amide bonds. The number of nitrogen functional groups attached to an aromatic ring is 1. The number of hydrogen-bond acceptors (Lipinski definition) is 5. The number of ether oxygens (including phenoxy) is 2. The van der Waals surface area contributed by atoms with Crippen LogP contribution in [0.1, 0.15) is 43.6 Å². The van der Waals surface area contributed by atoms with Crippen LogP contribution >= 0.6 is 0 Å². The Balaban J connectivity index is 2.62. The van der Waals surface area contributed by atoms with E-state index in [1.165, 1.54) is 0 Å². The molecule has 0 heterocycles. The van der Waals surface area contributed by atoms with Crippen LogP contribution in [0, 0.1) is 0 Å². The van der Waals surface area contributed by atoms with Gasteiger partial charge in [0.05, 0.1) is 12.2 Å². The van der Waals surface area contributed by atoms with Gasteiger partial charge in [0.2, 0.25) is 0 Å². The maximum absolute atomic E-state index is 11.8. The zero-order chi connectivity index (χ0) is 17.5. The van der Waals surface area contributed by atoms with Crippen molar-refractivity contribution in [2.24, 2.45) is 0 Å². The zero-order valence-corrected chi connectivity index (χ0v) is 14.0. The highest BCUT2D eigenvalue weighted by atomic mass is 16.6. The van der Waals surface area contributed by atoms with Crippen LogP contribution in [0.4, 0.5) is 10.5 Å². The van der Waals surface area contributed by atoms with Crippen molar-refractivity contribution in [3.63, 3.8) is 0 Å². The molecule has 0 bridgehead atoms. The van der Waals surface area contributed by atoms with Gasteiger partial charge in [-0.3, -0.25) is 0 Å². The minimum Gasteiger partial charge on any atom is -0.462 e. The molecule has 0 aliphatic carbocycles. The quantitative estimate of drug-likeness (QED) is 0.643. The van der Waals surface area contributed by atoms with Gasteiger partial charge in [0.15, 0.2) is 0 Å². The summed E-state index contributed by atoms with van der Waals surface area (Å²) in [5.74, 6) is -0.452. The largest absolute Gasteiger partial charge is 0.462 e. The summed E-state index contributed by atoms with van der Waals surface area (Å²) in [5.41, 5.74) is 6.73. The van der Waals surface area contributed by atoms with Gasteiger partial charge in [-0.1, -0.05) is 18.2 Å². The van der Waals surface area contributed by atoms with Crippen molar-refractivity contribution in [1.29, 1.82) is 0 Å². The first-order valence-electron chi connectivity index (χ1n) is 7.43. The number of rotatable bonds is 5. The van der Waals surface area contributed by atoms with Gasteiger partial charge < -0.3 is 20.5 Å². The molecule has 0 spiro atoms. The fraction of sp³-hybridized carbons (Fsp3) is 0.412. The number of hydrogen-bond donors (Lipinski definition) is 2. The molecular weight excluding hydrogens is 296 g/mol. The van der Waals surface area contributed by atoms with Gasteiger partial charge >= 0.3 is 12.1 Å². The Hall–Kier alpha value is -2.50. The maximum Gasteiger partial charge on any atom is 0.407 e. The summed E-state index contributed by atoms with van der Waals surface area (Å²) in [4.78, 5) is 23.3. The van der Waals surface area contributed by atoms with E-state index in [4.69, 9.17) is 15.2 Å². The SMILES string of the molecule is CCOC(=O)c1cc(C=CCNC(=O)OC(C)(C)C)ccc1N. The van der Waals surface area contributed by atoms with Crippen LogP contribution in [-0.2, 0) is 9.47 Å². The molecule has 6 nitrogen and oxygen atoms in total. The molecule has 0 saturated carbocycles. The number of carbonyl (C=O) groups is 2. The Morgan fingerprint density at radius 3 is 2.61 bits per heavy atom. The Labute approximate surface area is 136 Å². The molecule has 0 radical (unpaired) electrons. The number of carbonyl (C=O) groups excluding carboxylic acids is 2. The molecular formula is C17H24N2O4. The number of alkyl carbamates (subject to hydrolysis) is 1. The van der Waals surface area contributed by atoms with Gasteiger partial charge in [0, 0.05) is 12.2 Å². The predicted molar refractivity (Wildman–Crippen MR) is 90.1 cm³/mol. The van der Waals surface area contributed by atoms with E-state index in [-0.39, 0.29) is 6.61 Å². The predicted octanol–water partition coefficient (Wildman–Crippen LogP) is 2.98. The van der Waals surface area contributed by atoms with Gasteiger partial charge in [-0.15, -0.1) is 0 Å². The van der Waals surface area contributed by atoms with Crippen molar-refractivity contribution in [3.8, 4) is 0 Å². The van der Waals surface area contributed by atoms with E-state index >= 15 is 0 Å². The van der Waals surface area contributed by atoms with Crippen LogP contribution in [-0.4, -0.2) is 30.8 Å². The van der Waals surface area contributed by atoms with Crippen LogP contribution in [0.3, 0.4) is 0 Å². The number of anilines is 1.